The molecule has 3 rings (SSSR count). The third kappa shape index (κ3) is 3.49. The third-order valence-corrected chi connectivity index (χ3v) is 4.92. The van der Waals surface area contributed by atoms with Crippen LogP contribution in [0, 0.1) is 22.9 Å². The molecule has 1 saturated carbocycles. The van der Waals surface area contributed by atoms with Gasteiger partial charge in [-0.2, -0.15) is 4.99 Å². The number of aliphatic imine (C=N–C) groups is 1. The van der Waals surface area contributed by atoms with Crippen LogP contribution < -0.4 is 11.1 Å². The number of pyridine rings is 1. The lowest BCUT2D eigenvalue weighted by atomic mass is 9.90. The monoisotopic (exact) mass is 388 g/mol. The highest BCUT2D eigenvalue weighted by Gasteiger charge is 2.69. The van der Waals surface area contributed by atoms with Crippen LogP contribution >= 0.6 is 0 Å². The quantitative estimate of drug-likeness (QED) is 0.605. The predicted octanol–water partition coefficient (Wildman–Crippen LogP) is 3.68. The first-order valence-electron chi connectivity index (χ1n) is 8.55. The van der Waals surface area contributed by atoms with E-state index in [2.05, 4.69) is 15.3 Å². The highest BCUT2D eigenvalue weighted by Crippen LogP contribution is 2.64. The Kier molecular flexibility index (Phi) is 4.97. The number of hydrogen-bond donors (Lipinski definition) is 2. The van der Waals surface area contributed by atoms with E-state index in [1.165, 1.54) is 36.7 Å². The van der Waals surface area contributed by atoms with Crippen LogP contribution in [0.15, 0.2) is 53.8 Å². The fourth-order valence-corrected chi connectivity index (χ4v) is 3.25. The van der Waals surface area contributed by atoms with Crippen molar-refractivity contribution in [3.05, 3.63) is 72.0 Å². The van der Waals surface area contributed by atoms with E-state index in [4.69, 9.17) is 5.73 Å². The number of carbonyl (C=O) groups excluding carboxylic acids is 1. The normalized spacial score (nSPS) is 21.0. The topological polar surface area (TPSA) is 80.4 Å². The van der Waals surface area contributed by atoms with Crippen molar-refractivity contribution < 1.29 is 18.0 Å². The molecular weight excluding hydrogens is 369 g/mol. The van der Waals surface area contributed by atoms with Crippen molar-refractivity contribution in [2.45, 2.75) is 25.7 Å². The van der Waals surface area contributed by atoms with Gasteiger partial charge in [-0.25, -0.2) is 13.2 Å². The molecule has 0 saturated heterocycles. The van der Waals surface area contributed by atoms with Crippen molar-refractivity contribution in [2.24, 2.45) is 16.1 Å². The number of carbonyl (C=O) groups is 1. The van der Waals surface area contributed by atoms with Crippen LogP contribution in [-0.4, -0.2) is 16.7 Å². The van der Waals surface area contributed by atoms with Crippen LogP contribution in [-0.2, 0) is 10.2 Å². The lowest BCUT2D eigenvalue weighted by molar-refractivity contribution is -0.121. The Hall–Kier alpha value is -3.16. The minimum Gasteiger partial charge on any atom is -0.384 e. The Morgan fingerprint density at radius 2 is 1.93 bits per heavy atom. The van der Waals surface area contributed by atoms with Gasteiger partial charge in [-0.15, -0.1) is 0 Å². The maximum Gasteiger partial charge on any atom is 0.260 e. The Morgan fingerprint density at radius 3 is 2.54 bits per heavy atom. The summed E-state index contributed by atoms with van der Waals surface area (Å²) in [7, 11) is 0. The van der Waals surface area contributed by atoms with E-state index < -0.39 is 34.2 Å². The molecule has 2 aromatic rings. The third-order valence-electron chi connectivity index (χ3n) is 4.92. The fraction of sp³-hybridized carbons (Fsp3) is 0.250. The molecule has 1 fully saturated rings. The Bertz CT molecular complexity index is 987. The molecule has 1 heterocycles. The van der Waals surface area contributed by atoms with Gasteiger partial charge in [-0.3, -0.25) is 9.78 Å². The van der Waals surface area contributed by atoms with E-state index >= 15 is 0 Å². The summed E-state index contributed by atoms with van der Waals surface area (Å²) in [4.78, 5) is 20.7. The first kappa shape index (κ1) is 19.6. The van der Waals surface area contributed by atoms with Gasteiger partial charge < -0.3 is 11.1 Å². The summed E-state index contributed by atoms with van der Waals surface area (Å²) >= 11 is 0. The smallest absolute Gasteiger partial charge is 0.260 e. The number of aromatic nitrogens is 1. The summed E-state index contributed by atoms with van der Waals surface area (Å²) in [5.74, 6) is -3.21. The highest BCUT2D eigenvalue weighted by atomic mass is 19.2. The lowest BCUT2D eigenvalue weighted by Crippen LogP contribution is -2.29. The Morgan fingerprint density at radius 1 is 1.21 bits per heavy atom. The van der Waals surface area contributed by atoms with Gasteiger partial charge in [-0.1, -0.05) is 13.8 Å². The van der Waals surface area contributed by atoms with E-state index in [0.29, 0.717) is 12.1 Å². The van der Waals surface area contributed by atoms with Crippen molar-refractivity contribution in [1.29, 1.82) is 0 Å². The van der Waals surface area contributed by atoms with E-state index in [0.717, 1.165) is 12.1 Å². The molecular formula is C20H19F3N4O. The van der Waals surface area contributed by atoms with Gasteiger partial charge in [0.25, 0.3) is 5.91 Å². The van der Waals surface area contributed by atoms with Gasteiger partial charge in [0.1, 0.15) is 17.1 Å². The molecule has 0 radical (unpaired) electrons. The number of anilines is 1. The molecule has 3 N–H and O–H groups in total. The van der Waals surface area contributed by atoms with Crippen LogP contribution in [0.5, 0.6) is 0 Å². The largest absolute Gasteiger partial charge is 0.384 e. The zero-order valence-corrected chi connectivity index (χ0v) is 15.3. The molecule has 1 aliphatic rings. The minimum absolute atomic E-state index is 0.0606. The molecule has 1 aliphatic carbocycles. The second kappa shape index (κ2) is 7.10. The predicted molar refractivity (Wildman–Crippen MR) is 100 cm³/mol. The molecule has 5 nitrogen and oxygen atoms in total. The number of amidine groups is 1. The number of nitrogens with one attached hydrogen (secondary N) is 1. The molecule has 146 valence electrons. The van der Waals surface area contributed by atoms with Gasteiger partial charge in [0, 0.05) is 24.2 Å². The van der Waals surface area contributed by atoms with Crippen LogP contribution in [0.1, 0.15) is 26.0 Å². The second-order valence-corrected chi connectivity index (χ2v) is 7.25. The number of amides is 1. The Balaban J connectivity index is 1.77. The van der Waals surface area contributed by atoms with Crippen LogP contribution in [0.2, 0.25) is 0 Å². The lowest BCUT2D eigenvalue weighted by Gasteiger charge is -2.17. The average Bonchev–Trinajstić information content (AvgIpc) is 3.22. The number of hydrogen-bond acceptors (Lipinski definition) is 3. The molecule has 1 aromatic heterocycles. The van der Waals surface area contributed by atoms with Crippen LogP contribution in [0.25, 0.3) is 0 Å². The molecule has 0 bridgehead atoms. The van der Waals surface area contributed by atoms with Crippen molar-refractivity contribution in [3.63, 3.8) is 0 Å². The summed E-state index contributed by atoms with van der Waals surface area (Å²) < 4.78 is 40.3. The van der Waals surface area contributed by atoms with Gasteiger partial charge in [0.05, 0.1) is 5.69 Å². The van der Waals surface area contributed by atoms with Gasteiger partial charge in [0.2, 0.25) is 0 Å². The van der Waals surface area contributed by atoms with E-state index in [-0.39, 0.29) is 11.5 Å². The summed E-state index contributed by atoms with van der Waals surface area (Å²) in [5, 5.41) is 2.70. The van der Waals surface area contributed by atoms with Gasteiger partial charge >= 0.3 is 0 Å². The summed E-state index contributed by atoms with van der Waals surface area (Å²) in [6.07, 6.45) is 4.48. The van der Waals surface area contributed by atoms with Gasteiger partial charge in [-0.05, 0) is 42.2 Å². The standard InChI is InChI=1S/C20H19F3N4O/c1-19(2)11-20(19,17-14(22)4-3-8-26-17)18(28)27-16(24)7-9-25-12-5-6-13(21)15(23)10-12/h3-10,25H,11H2,1-2H3,(H2,24,27,28)/b9-7-. The summed E-state index contributed by atoms with van der Waals surface area (Å²) in [6.45, 7) is 3.68. The number of benzene rings is 1. The van der Waals surface area contributed by atoms with Crippen LogP contribution in [0.3, 0.4) is 0 Å². The molecule has 0 aliphatic heterocycles. The minimum atomic E-state index is -1.16. The molecule has 1 aromatic carbocycles. The van der Waals surface area contributed by atoms with Crippen molar-refractivity contribution in [1.82, 2.24) is 4.98 Å². The van der Waals surface area contributed by atoms with Crippen molar-refractivity contribution in [3.8, 4) is 0 Å². The fourth-order valence-electron chi connectivity index (χ4n) is 3.25. The number of nitrogens with two attached hydrogens (primary N) is 1. The van der Waals surface area contributed by atoms with Crippen LogP contribution in [0.4, 0.5) is 18.9 Å². The van der Waals surface area contributed by atoms with E-state index in [1.54, 1.807) is 0 Å². The summed E-state index contributed by atoms with van der Waals surface area (Å²) in [5.41, 5.74) is 4.47. The van der Waals surface area contributed by atoms with E-state index in [1.807, 2.05) is 13.8 Å². The van der Waals surface area contributed by atoms with Crippen molar-refractivity contribution in [2.75, 3.05) is 5.32 Å². The maximum absolute atomic E-state index is 14.2. The SMILES string of the molecule is CC1(C)CC1(C(=O)N=C(N)/C=C\Nc1ccc(F)c(F)c1)c1ncccc1F. The average molecular weight is 388 g/mol. The van der Waals surface area contributed by atoms with Crippen molar-refractivity contribution >= 4 is 17.4 Å². The highest BCUT2D eigenvalue weighted by molar-refractivity contribution is 6.05. The number of halogens is 3. The maximum atomic E-state index is 14.2. The molecule has 28 heavy (non-hydrogen) atoms. The van der Waals surface area contributed by atoms with E-state index in [9.17, 15) is 18.0 Å². The second-order valence-electron chi connectivity index (χ2n) is 7.25. The Labute approximate surface area is 160 Å². The first-order valence-corrected chi connectivity index (χ1v) is 8.55. The summed E-state index contributed by atoms with van der Waals surface area (Å²) in [6, 6.07) is 6.00. The van der Waals surface area contributed by atoms with Gasteiger partial charge in [0.15, 0.2) is 11.6 Å². The molecule has 0 spiro atoms. The number of nitrogens with zero attached hydrogens (tertiary/aromatic N) is 2. The molecule has 1 amide bonds. The molecule has 1 atom stereocenters. The zero-order valence-electron chi connectivity index (χ0n) is 15.3. The number of rotatable bonds is 5. The zero-order chi connectivity index (χ0) is 20.5. The molecule has 1 unspecified atom stereocenters. The molecule has 8 heteroatoms. The first-order chi connectivity index (χ1) is 13.2.